The molecular weight excluding hydrogens is 290 g/mol. The average molecular weight is 312 g/mol. The van der Waals surface area contributed by atoms with E-state index < -0.39 is 0 Å². The van der Waals surface area contributed by atoms with Crippen molar-refractivity contribution in [2.45, 2.75) is 45.5 Å². The number of imidazole rings is 1. The minimum atomic E-state index is -0.367. The van der Waals surface area contributed by atoms with Crippen molar-refractivity contribution >= 4 is 28.7 Å². The monoisotopic (exact) mass is 311 g/mol. The molecule has 0 saturated carbocycles. The Bertz CT molecular complexity index is 645. The molecule has 7 heteroatoms. The van der Waals surface area contributed by atoms with E-state index in [-0.39, 0.29) is 17.8 Å². The minimum absolute atomic E-state index is 0.0404. The fraction of sp³-hybridized carbons (Fsp3) is 0.643. The third-order valence-corrected chi connectivity index (χ3v) is 3.77. The second kappa shape index (κ2) is 6.47. The summed E-state index contributed by atoms with van der Waals surface area (Å²) in [7, 11) is 1.88. The molecule has 21 heavy (non-hydrogen) atoms. The maximum atomic E-state index is 12.2. The SMILES string of the molecule is CCCc1nn(C)c2c1nc(CCl)n2C(C)C(=O)NCC. The van der Waals surface area contributed by atoms with Gasteiger partial charge in [0.15, 0.2) is 5.65 Å². The number of likely N-dealkylation sites (N-methyl/N-ethyl adjacent to an activating group) is 1. The van der Waals surface area contributed by atoms with E-state index in [9.17, 15) is 4.79 Å². The largest absolute Gasteiger partial charge is 0.355 e. The number of alkyl halides is 1. The van der Waals surface area contributed by atoms with E-state index in [2.05, 4.69) is 22.3 Å². The van der Waals surface area contributed by atoms with Gasteiger partial charge in [0.1, 0.15) is 17.4 Å². The lowest BCUT2D eigenvalue weighted by atomic mass is 10.2. The predicted octanol–water partition coefficient (Wildman–Crippen LogP) is 2.16. The zero-order chi connectivity index (χ0) is 15.6. The second-order valence-corrected chi connectivity index (χ2v) is 5.36. The quantitative estimate of drug-likeness (QED) is 0.831. The van der Waals surface area contributed by atoms with Crippen LogP contribution in [0, 0.1) is 0 Å². The van der Waals surface area contributed by atoms with Crippen molar-refractivity contribution in [3.8, 4) is 0 Å². The lowest BCUT2D eigenvalue weighted by Gasteiger charge is -2.16. The van der Waals surface area contributed by atoms with Crippen molar-refractivity contribution in [1.29, 1.82) is 0 Å². The molecule has 2 rings (SSSR count). The molecule has 0 aromatic carbocycles. The fourth-order valence-electron chi connectivity index (χ4n) is 2.59. The highest BCUT2D eigenvalue weighted by molar-refractivity contribution is 6.16. The molecule has 0 bridgehead atoms. The van der Waals surface area contributed by atoms with Gasteiger partial charge in [-0.05, 0) is 20.3 Å². The average Bonchev–Trinajstić information content (AvgIpc) is 2.97. The van der Waals surface area contributed by atoms with Gasteiger partial charge in [-0.1, -0.05) is 13.3 Å². The summed E-state index contributed by atoms with van der Waals surface area (Å²) in [6.45, 7) is 6.47. The van der Waals surface area contributed by atoms with Crippen LogP contribution in [0.3, 0.4) is 0 Å². The van der Waals surface area contributed by atoms with E-state index >= 15 is 0 Å². The summed E-state index contributed by atoms with van der Waals surface area (Å²) in [6, 6.07) is -0.367. The number of hydrogen-bond donors (Lipinski definition) is 1. The van der Waals surface area contributed by atoms with E-state index in [0.29, 0.717) is 12.4 Å². The number of nitrogens with zero attached hydrogens (tertiary/aromatic N) is 4. The summed E-state index contributed by atoms with van der Waals surface area (Å²) in [5, 5.41) is 7.36. The Morgan fingerprint density at radius 1 is 1.43 bits per heavy atom. The molecule has 6 nitrogen and oxygen atoms in total. The van der Waals surface area contributed by atoms with Gasteiger partial charge >= 0.3 is 0 Å². The molecule has 0 aliphatic carbocycles. The molecule has 0 saturated heterocycles. The number of carbonyl (C=O) groups is 1. The van der Waals surface area contributed by atoms with Crippen LogP contribution in [0.1, 0.15) is 44.8 Å². The Morgan fingerprint density at radius 2 is 2.14 bits per heavy atom. The number of nitrogens with one attached hydrogen (secondary N) is 1. The summed E-state index contributed by atoms with van der Waals surface area (Å²) in [5.41, 5.74) is 2.67. The molecular formula is C14H22ClN5O. The van der Waals surface area contributed by atoms with Gasteiger partial charge in [-0.25, -0.2) is 4.98 Å². The highest BCUT2D eigenvalue weighted by atomic mass is 35.5. The number of fused-ring (bicyclic) bond motifs is 1. The molecule has 0 spiro atoms. The van der Waals surface area contributed by atoms with Crippen molar-refractivity contribution in [3.05, 3.63) is 11.5 Å². The lowest BCUT2D eigenvalue weighted by Crippen LogP contribution is -2.31. The van der Waals surface area contributed by atoms with Gasteiger partial charge in [0.05, 0.1) is 11.6 Å². The minimum Gasteiger partial charge on any atom is -0.355 e. The summed E-state index contributed by atoms with van der Waals surface area (Å²) in [4.78, 5) is 16.8. The van der Waals surface area contributed by atoms with Gasteiger partial charge in [-0.2, -0.15) is 5.10 Å². The van der Waals surface area contributed by atoms with Crippen LogP contribution in [-0.4, -0.2) is 31.8 Å². The Hall–Kier alpha value is -1.56. The van der Waals surface area contributed by atoms with Crippen molar-refractivity contribution < 1.29 is 4.79 Å². The first-order valence-electron chi connectivity index (χ1n) is 7.31. The maximum Gasteiger partial charge on any atom is 0.242 e. The summed E-state index contributed by atoms with van der Waals surface area (Å²) >= 11 is 6.02. The van der Waals surface area contributed by atoms with Crippen LogP contribution in [0.5, 0.6) is 0 Å². The molecule has 1 amide bonds. The predicted molar refractivity (Wildman–Crippen MR) is 83.4 cm³/mol. The fourth-order valence-corrected chi connectivity index (χ4v) is 2.78. The van der Waals surface area contributed by atoms with Crippen molar-refractivity contribution in [1.82, 2.24) is 24.6 Å². The van der Waals surface area contributed by atoms with Crippen molar-refractivity contribution in [3.63, 3.8) is 0 Å². The van der Waals surface area contributed by atoms with Crippen LogP contribution in [0.4, 0.5) is 0 Å². The highest BCUT2D eigenvalue weighted by Gasteiger charge is 2.25. The number of hydrogen-bond acceptors (Lipinski definition) is 3. The molecule has 2 heterocycles. The van der Waals surface area contributed by atoms with Crippen LogP contribution >= 0.6 is 11.6 Å². The second-order valence-electron chi connectivity index (χ2n) is 5.09. The van der Waals surface area contributed by atoms with Crippen LogP contribution < -0.4 is 5.32 Å². The number of carbonyl (C=O) groups excluding carboxylic acids is 1. The zero-order valence-electron chi connectivity index (χ0n) is 13.0. The van der Waals surface area contributed by atoms with E-state index in [1.54, 1.807) is 4.68 Å². The first-order chi connectivity index (χ1) is 10.0. The van der Waals surface area contributed by atoms with E-state index in [0.717, 1.165) is 29.7 Å². The zero-order valence-corrected chi connectivity index (χ0v) is 13.7. The number of halogens is 1. The molecule has 2 aromatic heterocycles. The Morgan fingerprint density at radius 3 is 2.71 bits per heavy atom. The molecule has 0 aliphatic heterocycles. The third kappa shape index (κ3) is 2.77. The Kier molecular flexibility index (Phi) is 4.88. The van der Waals surface area contributed by atoms with Gasteiger partial charge < -0.3 is 5.32 Å². The van der Waals surface area contributed by atoms with Crippen LogP contribution in [0.15, 0.2) is 0 Å². The van der Waals surface area contributed by atoms with E-state index in [4.69, 9.17) is 11.6 Å². The first kappa shape index (κ1) is 15.8. The molecule has 0 fully saturated rings. The normalized spacial score (nSPS) is 12.8. The van der Waals surface area contributed by atoms with Gasteiger partial charge in [0.2, 0.25) is 5.91 Å². The van der Waals surface area contributed by atoms with Gasteiger partial charge in [0.25, 0.3) is 0 Å². The van der Waals surface area contributed by atoms with E-state index in [1.807, 2.05) is 25.5 Å². The molecule has 116 valence electrons. The summed E-state index contributed by atoms with van der Waals surface area (Å²) in [5.74, 6) is 0.932. The highest BCUT2D eigenvalue weighted by Crippen LogP contribution is 2.25. The van der Waals surface area contributed by atoms with Crippen LogP contribution in [0.25, 0.3) is 11.2 Å². The van der Waals surface area contributed by atoms with Gasteiger partial charge in [0, 0.05) is 13.6 Å². The standard InChI is InChI=1S/C14H22ClN5O/c1-5-7-10-12-14(19(4)18-10)20(11(8-15)17-12)9(3)13(21)16-6-2/h9H,5-8H2,1-4H3,(H,16,21). The van der Waals surface area contributed by atoms with Crippen LogP contribution in [0.2, 0.25) is 0 Å². The number of rotatable bonds is 6. The smallest absolute Gasteiger partial charge is 0.242 e. The maximum absolute atomic E-state index is 12.2. The number of aromatic nitrogens is 4. The number of amides is 1. The molecule has 0 aliphatic rings. The number of aryl methyl sites for hydroxylation is 2. The Labute approximate surface area is 129 Å². The summed E-state index contributed by atoms with van der Waals surface area (Å²) < 4.78 is 3.68. The molecule has 0 radical (unpaired) electrons. The van der Waals surface area contributed by atoms with Crippen molar-refractivity contribution in [2.24, 2.45) is 7.05 Å². The van der Waals surface area contributed by atoms with Gasteiger partial charge in [-0.3, -0.25) is 14.0 Å². The molecule has 1 N–H and O–H groups in total. The van der Waals surface area contributed by atoms with Gasteiger partial charge in [-0.15, -0.1) is 11.6 Å². The van der Waals surface area contributed by atoms with Crippen LogP contribution in [-0.2, 0) is 24.1 Å². The summed E-state index contributed by atoms with van der Waals surface area (Å²) in [6.07, 6.45) is 1.87. The van der Waals surface area contributed by atoms with Crippen molar-refractivity contribution in [2.75, 3.05) is 6.54 Å². The topological polar surface area (TPSA) is 64.7 Å². The van der Waals surface area contributed by atoms with E-state index in [1.165, 1.54) is 0 Å². The first-order valence-corrected chi connectivity index (χ1v) is 7.84. The molecule has 1 atom stereocenters. The Balaban J connectivity index is 2.58. The lowest BCUT2D eigenvalue weighted by molar-refractivity contribution is -0.123. The molecule has 2 aromatic rings. The third-order valence-electron chi connectivity index (χ3n) is 3.53. The molecule has 1 unspecified atom stereocenters.